The van der Waals surface area contributed by atoms with E-state index < -0.39 is 0 Å². The summed E-state index contributed by atoms with van der Waals surface area (Å²) in [6, 6.07) is 7.16. The maximum Gasteiger partial charge on any atom is 0.251 e. The highest BCUT2D eigenvalue weighted by Crippen LogP contribution is 2.12. The zero-order valence-electron chi connectivity index (χ0n) is 12.9. The summed E-state index contributed by atoms with van der Waals surface area (Å²) in [5.41, 5.74) is 0.619. The second-order valence-electron chi connectivity index (χ2n) is 5.04. The number of unbranched alkanes of at least 4 members (excludes halogenated alkanes) is 1. The molecule has 0 spiro atoms. The van der Waals surface area contributed by atoms with Gasteiger partial charge in [-0.1, -0.05) is 13.3 Å². The minimum Gasteiger partial charge on any atom is -0.494 e. The minimum atomic E-state index is -0.374. The summed E-state index contributed by atoms with van der Waals surface area (Å²) in [5.74, 6) is 0.688. The molecule has 118 valence electrons. The maximum absolute atomic E-state index is 11.9. The summed E-state index contributed by atoms with van der Waals surface area (Å²) in [4.78, 5) is 11.9. The molecule has 1 amide bonds. The third-order valence-electron chi connectivity index (χ3n) is 2.91. The zero-order chi connectivity index (χ0) is 15.5. The van der Waals surface area contributed by atoms with Gasteiger partial charge in [0.1, 0.15) is 5.75 Å². The van der Waals surface area contributed by atoms with Crippen molar-refractivity contribution in [3.05, 3.63) is 29.8 Å². The van der Waals surface area contributed by atoms with Crippen LogP contribution in [-0.2, 0) is 0 Å². The van der Waals surface area contributed by atoms with E-state index >= 15 is 0 Å². The average Bonchev–Trinajstić information content (AvgIpc) is 2.47. The molecule has 1 aromatic rings. The lowest BCUT2D eigenvalue weighted by Gasteiger charge is -2.09. The number of nitrogens with one attached hydrogen (secondary N) is 2. The Kier molecular flexibility index (Phi) is 8.47. The largest absolute Gasteiger partial charge is 0.494 e. The fraction of sp³-hybridized carbons (Fsp3) is 0.562. The number of carbonyl (C=O) groups is 1. The van der Waals surface area contributed by atoms with Crippen molar-refractivity contribution >= 4 is 5.91 Å². The lowest BCUT2D eigenvalue weighted by Crippen LogP contribution is -2.34. The number of aliphatic hydroxyl groups is 1. The normalized spacial score (nSPS) is 12.0. The molecule has 1 atom stereocenters. The van der Waals surface area contributed by atoms with E-state index in [1.54, 1.807) is 19.1 Å². The molecule has 0 heterocycles. The van der Waals surface area contributed by atoms with E-state index in [1.165, 1.54) is 0 Å². The fourth-order valence-electron chi connectivity index (χ4n) is 1.71. The standard InChI is InChI=1S/C16H26N2O3/c1-3-4-11-21-15-7-5-14(6-8-15)16(20)18-10-9-17-12-13(2)19/h5-8,13,17,19H,3-4,9-12H2,1-2H3,(H,18,20). The van der Waals surface area contributed by atoms with Crippen LogP contribution in [0.25, 0.3) is 0 Å². The van der Waals surface area contributed by atoms with Crippen molar-refractivity contribution in [2.75, 3.05) is 26.2 Å². The number of aliphatic hydroxyl groups excluding tert-OH is 1. The number of hydrogen-bond donors (Lipinski definition) is 3. The molecule has 1 rings (SSSR count). The summed E-state index contributed by atoms with van der Waals surface area (Å²) >= 11 is 0. The molecule has 0 aliphatic carbocycles. The molecule has 5 nitrogen and oxygen atoms in total. The molecule has 0 saturated heterocycles. The van der Waals surface area contributed by atoms with Crippen LogP contribution in [0.5, 0.6) is 5.75 Å². The van der Waals surface area contributed by atoms with E-state index in [2.05, 4.69) is 17.6 Å². The van der Waals surface area contributed by atoms with Crippen molar-refractivity contribution in [2.45, 2.75) is 32.8 Å². The molecule has 0 aliphatic rings. The summed E-state index contributed by atoms with van der Waals surface area (Å²) in [5, 5.41) is 14.9. The monoisotopic (exact) mass is 294 g/mol. The highest BCUT2D eigenvalue weighted by molar-refractivity contribution is 5.94. The smallest absolute Gasteiger partial charge is 0.251 e. The van der Waals surface area contributed by atoms with Gasteiger partial charge in [0.2, 0.25) is 0 Å². The van der Waals surface area contributed by atoms with E-state index in [1.807, 2.05) is 12.1 Å². The van der Waals surface area contributed by atoms with Gasteiger partial charge in [0.15, 0.2) is 0 Å². The predicted molar refractivity (Wildman–Crippen MR) is 83.7 cm³/mol. The molecule has 21 heavy (non-hydrogen) atoms. The van der Waals surface area contributed by atoms with Crippen LogP contribution in [0, 0.1) is 0 Å². The Hall–Kier alpha value is -1.59. The lowest BCUT2D eigenvalue weighted by atomic mass is 10.2. The molecule has 1 aromatic carbocycles. The van der Waals surface area contributed by atoms with Crippen molar-refractivity contribution in [1.82, 2.24) is 10.6 Å². The van der Waals surface area contributed by atoms with Gasteiger partial charge in [0, 0.05) is 25.2 Å². The van der Waals surface area contributed by atoms with Crippen LogP contribution in [0.15, 0.2) is 24.3 Å². The summed E-state index contributed by atoms with van der Waals surface area (Å²) < 4.78 is 5.55. The van der Waals surface area contributed by atoms with Crippen LogP contribution in [0.2, 0.25) is 0 Å². The molecule has 0 aliphatic heterocycles. The molecule has 0 fully saturated rings. The third kappa shape index (κ3) is 7.68. The number of ether oxygens (including phenoxy) is 1. The van der Waals surface area contributed by atoms with Crippen LogP contribution < -0.4 is 15.4 Å². The van der Waals surface area contributed by atoms with Gasteiger partial charge in [-0.3, -0.25) is 4.79 Å². The van der Waals surface area contributed by atoms with Crippen molar-refractivity contribution in [3.63, 3.8) is 0 Å². The first-order chi connectivity index (χ1) is 10.1. The first-order valence-electron chi connectivity index (χ1n) is 7.53. The Morgan fingerprint density at radius 3 is 2.62 bits per heavy atom. The van der Waals surface area contributed by atoms with Gasteiger partial charge < -0.3 is 20.5 Å². The highest BCUT2D eigenvalue weighted by atomic mass is 16.5. The van der Waals surface area contributed by atoms with Crippen LogP contribution in [0.4, 0.5) is 0 Å². The topological polar surface area (TPSA) is 70.6 Å². The second kappa shape index (κ2) is 10.2. The summed E-state index contributed by atoms with van der Waals surface area (Å²) in [6.45, 7) is 6.23. The Labute approximate surface area is 126 Å². The summed E-state index contributed by atoms with van der Waals surface area (Å²) in [7, 11) is 0. The number of benzene rings is 1. The number of amides is 1. The van der Waals surface area contributed by atoms with E-state index in [0.29, 0.717) is 31.8 Å². The number of carbonyl (C=O) groups excluding carboxylic acids is 1. The van der Waals surface area contributed by atoms with Crippen molar-refractivity contribution < 1.29 is 14.6 Å². The second-order valence-corrected chi connectivity index (χ2v) is 5.04. The third-order valence-corrected chi connectivity index (χ3v) is 2.91. The molecule has 0 aromatic heterocycles. The van der Waals surface area contributed by atoms with Crippen molar-refractivity contribution in [1.29, 1.82) is 0 Å². The highest BCUT2D eigenvalue weighted by Gasteiger charge is 2.05. The van der Waals surface area contributed by atoms with Gasteiger partial charge in [-0.2, -0.15) is 0 Å². The Bertz CT molecular complexity index is 404. The fourth-order valence-corrected chi connectivity index (χ4v) is 1.71. The Balaban J connectivity index is 2.27. The van der Waals surface area contributed by atoms with E-state index in [-0.39, 0.29) is 12.0 Å². The van der Waals surface area contributed by atoms with Gasteiger partial charge >= 0.3 is 0 Å². The van der Waals surface area contributed by atoms with Gasteiger partial charge in [-0.05, 0) is 37.6 Å². The molecule has 0 saturated carbocycles. The number of rotatable bonds is 10. The quantitative estimate of drug-likeness (QED) is 0.573. The van der Waals surface area contributed by atoms with Crippen LogP contribution >= 0.6 is 0 Å². The SMILES string of the molecule is CCCCOc1ccc(C(=O)NCCNCC(C)O)cc1. The van der Waals surface area contributed by atoms with Crippen molar-refractivity contribution in [3.8, 4) is 5.75 Å². The van der Waals surface area contributed by atoms with Gasteiger partial charge in [-0.15, -0.1) is 0 Å². The predicted octanol–water partition coefficient (Wildman–Crippen LogP) is 1.57. The molecule has 3 N–H and O–H groups in total. The average molecular weight is 294 g/mol. The van der Waals surface area contributed by atoms with Crippen molar-refractivity contribution in [2.24, 2.45) is 0 Å². The molecular weight excluding hydrogens is 268 g/mol. The van der Waals surface area contributed by atoms with Crippen LogP contribution in [0.1, 0.15) is 37.0 Å². The van der Waals surface area contributed by atoms with Crippen LogP contribution in [0.3, 0.4) is 0 Å². The first kappa shape index (κ1) is 17.5. The molecule has 5 heteroatoms. The molecular formula is C16H26N2O3. The molecule has 0 bridgehead atoms. The lowest BCUT2D eigenvalue weighted by molar-refractivity contribution is 0.0953. The van der Waals surface area contributed by atoms with Gasteiger partial charge in [0.05, 0.1) is 12.7 Å². The van der Waals surface area contributed by atoms with Gasteiger partial charge in [0.25, 0.3) is 5.91 Å². The van der Waals surface area contributed by atoms with E-state index in [4.69, 9.17) is 9.84 Å². The van der Waals surface area contributed by atoms with Crippen LogP contribution in [-0.4, -0.2) is 43.4 Å². The number of hydrogen-bond acceptors (Lipinski definition) is 4. The van der Waals surface area contributed by atoms with Gasteiger partial charge in [-0.25, -0.2) is 0 Å². The zero-order valence-corrected chi connectivity index (χ0v) is 12.9. The first-order valence-corrected chi connectivity index (χ1v) is 7.53. The molecule has 0 radical (unpaired) electrons. The maximum atomic E-state index is 11.9. The minimum absolute atomic E-state index is 0.103. The Morgan fingerprint density at radius 2 is 2.00 bits per heavy atom. The Morgan fingerprint density at radius 1 is 1.29 bits per heavy atom. The van der Waals surface area contributed by atoms with E-state index in [0.717, 1.165) is 18.6 Å². The molecule has 1 unspecified atom stereocenters. The summed E-state index contributed by atoms with van der Waals surface area (Å²) in [6.07, 6.45) is 1.76. The van der Waals surface area contributed by atoms with E-state index in [9.17, 15) is 4.79 Å².